The van der Waals surface area contributed by atoms with E-state index in [1.165, 1.54) is 12.8 Å². The molecule has 8 heteroatoms. The molecule has 0 rings (SSSR count). The fraction of sp³-hybridized carbons (Fsp3) is 0.578. The van der Waals surface area contributed by atoms with E-state index in [-0.39, 0.29) is 55.5 Å². The SMILES string of the molecule is CC/C=C/C=C/C=C/C=C/C=C/CCCC(=O)OCC(COCCC(C(=O)[O-])[N+](C)(C)C)OC(=O)CCCCCCCC/C=C/C/C=C/C/C=C/CC. The third-order valence-corrected chi connectivity index (χ3v) is 8.09. The summed E-state index contributed by atoms with van der Waals surface area (Å²) in [5.41, 5.74) is 0. The maximum atomic E-state index is 12.7. The van der Waals surface area contributed by atoms with Gasteiger partial charge in [0.1, 0.15) is 12.6 Å². The Bertz CT molecular complexity index is 1180. The number of quaternary nitrogens is 1. The molecule has 8 nitrogen and oxygen atoms in total. The van der Waals surface area contributed by atoms with Crippen LogP contribution in [0.3, 0.4) is 0 Å². The van der Waals surface area contributed by atoms with Gasteiger partial charge in [0.15, 0.2) is 6.10 Å². The van der Waals surface area contributed by atoms with Gasteiger partial charge in [-0.25, -0.2) is 0 Å². The molecule has 0 aromatic carbocycles. The molecule has 0 aromatic rings. The zero-order chi connectivity index (χ0) is 39.3. The average molecular weight is 738 g/mol. The number of nitrogens with zero attached hydrogens (tertiary/aromatic N) is 1. The Morgan fingerprint density at radius 3 is 1.74 bits per heavy atom. The van der Waals surface area contributed by atoms with Crippen molar-refractivity contribution in [2.24, 2.45) is 0 Å². The normalized spacial score (nSPS) is 14.1. The van der Waals surface area contributed by atoms with Crippen LogP contribution >= 0.6 is 0 Å². The van der Waals surface area contributed by atoms with E-state index in [1.54, 1.807) is 21.1 Å². The predicted octanol–water partition coefficient (Wildman–Crippen LogP) is 9.01. The maximum absolute atomic E-state index is 12.7. The summed E-state index contributed by atoms with van der Waals surface area (Å²) in [5.74, 6) is -1.87. The number of carboxylic acid groups (broad SMARTS) is 1. The molecule has 0 N–H and O–H groups in total. The van der Waals surface area contributed by atoms with Crippen LogP contribution in [-0.2, 0) is 28.6 Å². The van der Waals surface area contributed by atoms with Gasteiger partial charge in [0.25, 0.3) is 0 Å². The van der Waals surface area contributed by atoms with E-state index in [1.807, 2.05) is 54.7 Å². The highest BCUT2D eigenvalue weighted by Gasteiger charge is 2.25. The molecule has 0 aliphatic rings. The third kappa shape index (κ3) is 33.8. The summed E-state index contributed by atoms with van der Waals surface area (Å²) in [5, 5.41) is 11.6. The van der Waals surface area contributed by atoms with Crippen LogP contribution in [0, 0.1) is 0 Å². The fourth-order valence-corrected chi connectivity index (χ4v) is 5.05. The van der Waals surface area contributed by atoms with Gasteiger partial charge < -0.3 is 28.6 Å². The molecule has 0 saturated carbocycles. The summed E-state index contributed by atoms with van der Waals surface area (Å²) in [7, 11) is 5.36. The fourth-order valence-electron chi connectivity index (χ4n) is 5.05. The number of aliphatic carboxylic acids is 1. The van der Waals surface area contributed by atoms with Gasteiger partial charge in [-0.2, -0.15) is 0 Å². The zero-order valence-corrected chi connectivity index (χ0v) is 33.6. The quantitative estimate of drug-likeness (QED) is 0.0218. The molecule has 0 saturated heterocycles. The summed E-state index contributed by atoms with van der Waals surface area (Å²) in [6, 6.07) is -0.744. The van der Waals surface area contributed by atoms with Crippen LogP contribution in [0.25, 0.3) is 0 Å². The van der Waals surface area contributed by atoms with Gasteiger partial charge >= 0.3 is 11.9 Å². The Balaban J connectivity index is 4.55. The molecule has 2 unspecified atom stereocenters. The van der Waals surface area contributed by atoms with Crippen molar-refractivity contribution in [3.63, 3.8) is 0 Å². The first-order valence-electron chi connectivity index (χ1n) is 19.8. The van der Waals surface area contributed by atoms with Crippen molar-refractivity contribution in [3.8, 4) is 0 Å². The molecule has 0 fully saturated rings. The number of unbranched alkanes of at least 4 members (excludes halogenated alkanes) is 7. The van der Waals surface area contributed by atoms with Crippen LogP contribution in [-0.4, -0.2) is 75.5 Å². The second-order valence-electron chi connectivity index (χ2n) is 13.9. The number of hydrogen-bond acceptors (Lipinski definition) is 7. The van der Waals surface area contributed by atoms with Crippen molar-refractivity contribution in [2.45, 2.75) is 129 Å². The standard InChI is InChI=1S/C45H71NO7/c1-6-8-10-12-14-16-18-20-21-22-24-26-28-30-32-34-36-44(48)53-41(39-51-38-37-42(45(49)50)46(3,4)5)40-52-43(47)35-33-31-29-27-25-23-19-17-15-13-11-9-7-2/h8-11,13-17,19-21,23,25,27,29,41-42H,6-7,12,18,22,24,26,28,30-40H2,1-5H3/b10-8+,11-9+,15-13+,16-14+,19-17+,21-20+,25-23+,29-27+. The van der Waals surface area contributed by atoms with Crippen molar-refractivity contribution in [3.05, 3.63) is 97.2 Å². The number of ether oxygens (including phenoxy) is 3. The highest BCUT2D eigenvalue weighted by atomic mass is 16.6. The molecule has 2 atom stereocenters. The van der Waals surface area contributed by atoms with E-state index in [0.29, 0.717) is 6.42 Å². The monoisotopic (exact) mass is 738 g/mol. The zero-order valence-electron chi connectivity index (χ0n) is 33.6. The number of allylic oxidation sites excluding steroid dienone is 16. The van der Waals surface area contributed by atoms with E-state index in [4.69, 9.17) is 14.2 Å². The van der Waals surface area contributed by atoms with E-state index in [0.717, 1.165) is 64.2 Å². The van der Waals surface area contributed by atoms with Crippen molar-refractivity contribution >= 4 is 17.9 Å². The molecular formula is C45H71NO7. The van der Waals surface area contributed by atoms with E-state index < -0.39 is 18.1 Å². The van der Waals surface area contributed by atoms with Crippen LogP contribution in [0.2, 0.25) is 0 Å². The predicted molar refractivity (Wildman–Crippen MR) is 217 cm³/mol. The van der Waals surface area contributed by atoms with Crippen molar-refractivity contribution in [2.75, 3.05) is 41.0 Å². The van der Waals surface area contributed by atoms with Gasteiger partial charge in [0, 0.05) is 19.3 Å². The molecule has 0 radical (unpaired) electrons. The lowest BCUT2D eigenvalue weighted by Gasteiger charge is -2.34. The summed E-state index contributed by atoms with van der Waals surface area (Å²) in [6.07, 6.45) is 45.9. The minimum atomic E-state index is -1.14. The summed E-state index contributed by atoms with van der Waals surface area (Å²) in [4.78, 5) is 36.7. The Morgan fingerprint density at radius 1 is 0.585 bits per heavy atom. The lowest BCUT2D eigenvalue weighted by molar-refractivity contribution is -0.889. The summed E-state index contributed by atoms with van der Waals surface area (Å²) in [6.45, 7) is 4.27. The molecule has 0 aromatic heterocycles. The van der Waals surface area contributed by atoms with Crippen LogP contribution in [0.1, 0.15) is 117 Å². The van der Waals surface area contributed by atoms with Crippen LogP contribution in [0.15, 0.2) is 97.2 Å². The molecule has 0 bridgehead atoms. The smallest absolute Gasteiger partial charge is 0.306 e. The number of esters is 2. The van der Waals surface area contributed by atoms with E-state index in [9.17, 15) is 19.5 Å². The van der Waals surface area contributed by atoms with Gasteiger partial charge in [-0.3, -0.25) is 9.59 Å². The van der Waals surface area contributed by atoms with E-state index in [2.05, 4.69) is 56.4 Å². The lowest BCUT2D eigenvalue weighted by Crippen LogP contribution is -2.55. The number of rotatable bonds is 33. The Labute approximate surface area is 322 Å². The van der Waals surface area contributed by atoms with Crippen LogP contribution in [0.4, 0.5) is 0 Å². The third-order valence-electron chi connectivity index (χ3n) is 8.09. The molecule has 0 heterocycles. The van der Waals surface area contributed by atoms with Crippen molar-refractivity contribution < 1.29 is 38.2 Å². The number of carboxylic acids is 1. The second-order valence-corrected chi connectivity index (χ2v) is 13.9. The van der Waals surface area contributed by atoms with Crippen molar-refractivity contribution in [1.82, 2.24) is 0 Å². The van der Waals surface area contributed by atoms with Gasteiger partial charge in [-0.05, 0) is 57.8 Å². The number of hydrogen-bond donors (Lipinski definition) is 0. The molecule has 0 amide bonds. The minimum Gasteiger partial charge on any atom is -0.544 e. The van der Waals surface area contributed by atoms with Gasteiger partial charge in [0.2, 0.25) is 0 Å². The average Bonchev–Trinajstić information content (AvgIpc) is 3.11. The molecule has 0 aliphatic heterocycles. The van der Waals surface area contributed by atoms with Gasteiger partial charge in [0.05, 0.1) is 40.3 Å². The Kier molecular flexibility index (Phi) is 32.8. The number of likely N-dealkylation sites (N-methyl/N-ethyl adjacent to an activating group) is 1. The molecule has 0 aliphatic carbocycles. The largest absolute Gasteiger partial charge is 0.544 e. The van der Waals surface area contributed by atoms with E-state index >= 15 is 0 Å². The summed E-state index contributed by atoms with van der Waals surface area (Å²) >= 11 is 0. The minimum absolute atomic E-state index is 0.00567. The lowest BCUT2D eigenvalue weighted by atomic mass is 10.1. The number of carbonyl (C=O) groups is 3. The first-order valence-corrected chi connectivity index (χ1v) is 19.8. The van der Waals surface area contributed by atoms with Gasteiger partial charge in [-0.1, -0.05) is 137 Å². The summed E-state index contributed by atoms with van der Waals surface area (Å²) < 4.78 is 17.0. The molecule has 298 valence electrons. The second kappa shape index (κ2) is 35.3. The van der Waals surface area contributed by atoms with Crippen molar-refractivity contribution in [1.29, 1.82) is 0 Å². The first kappa shape index (κ1) is 49.2. The van der Waals surface area contributed by atoms with Crippen LogP contribution < -0.4 is 5.11 Å². The number of carbonyl (C=O) groups excluding carboxylic acids is 3. The molecular weight excluding hydrogens is 666 g/mol. The molecule has 0 spiro atoms. The maximum Gasteiger partial charge on any atom is 0.306 e. The topological polar surface area (TPSA) is 102 Å². The highest BCUT2D eigenvalue weighted by Crippen LogP contribution is 2.12. The first-order chi connectivity index (χ1) is 25.6. The van der Waals surface area contributed by atoms with Crippen LogP contribution in [0.5, 0.6) is 0 Å². The highest BCUT2D eigenvalue weighted by molar-refractivity contribution is 5.70. The van der Waals surface area contributed by atoms with Gasteiger partial charge in [-0.15, -0.1) is 0 Å². The Morgan fingerprint density at radius 2 is 1.11 bits per heavy atom. The molecule has 53 heavy (non-hydrogen) atoms. The Hall–Kier alpha value is -3.75.